The normalized spacial score (nSPS) is 10.3. The molecular weight excluding hydrogens is 296 g/mol. The number of rotatable bonds is 7. The second kappa shape index (κ2) is 8.43. The van der Waals surface area contributed by atoms with Gasteiger partial charge in [-0.1, -0.05) is 35.5 Å². The second-order valence-electron chi connectivity index (χ2n) is 4.53. The van der Waals surface area contributed by atoms with Crippen molar-refractivity contribution < 1.29 is 19.1 Å². The maximum atomic E-state index is 11.8. The number of benzene rings is 2. The van der Waals surface area contributed by atoms with Crippen molar-refractivity contribution in [1.29, 1.82) is 0 Å². The molecule has 0 aliphatic heterocycles. The lowest BCUT2D eigenvalue weighted by Gasteiger charge is -2.11. The maximum absolute atomic E-state index is 11.8. The number of amides is 1. The quantitative estimate of drug-likeness (QED) is 0.630. The predicted molar refractivity (Wildman–Crippen MR) is 88.2 cm³/mol. The Bertz CT molecular complexity index is 672. The topological polar surface area (TPSA) is 69.2 Å². The van der Waals surface area contributed by atoms with E-state index in [0.717, 1.165) is 5.56 Å². The molecule has 0 saturated carbocycles. The smallest absolute Gasteiger partial charge is 0.265 e. The highest BCUT2D eigenvalue weighted by atomic mass is 16.6. The van der Waals surface area contributed by atoms with E-state index in [2.05, 4.69) is 10.5 Å². The summed E-state index contributed by atoms with van der Waals surface area (Å²) in [5.41, 5.74) is 1.43. The Morgan fingerprint density at radius 3 is 2.61 bits per heavy atom. The summed E-state index contributed by atoms with van der Waals surface area (Å²) in [5, 5.41) is 6.45. The Morgan fingerprint density at radius 1 is 1.13 bits per heavy atom. The van der Waals surface area contributed by atoms with Crippen molar-refractivity contribution in [2.24, 2.45) is 5.16 Å². The number of hydrogen-bond acceptors (Lipinski definition) is 5. The van der Waals surface area contributed by atoms with Crippen LogP contribution in [0.4, 0.5) is 5.69 Å². The van der Waals surface area contributed by atoms with E-state index in [0.29, 0.717) is 17.2 Å². The van der Waals surface area contributed by atoms with Crippen molar-refractivity contribution in [1.82, 2.24) is 0 Å². The molecule has 2 aromatic rings. The fourth-order valence-electron chi connectivity index (χ4n) is 1.82. The summed E-state index contributed by atoms with van der Waals surface area (Å²) >= 11 is 0. The van der Waals surface area contributed by atoms with E-state index in [-0.39, 0.29) is 12.5 Å². The van der Waals surface area contributed by atoms with Gasteiger partial charge in [0.25, 0.3) is 5.91 Å². The minimum Gasteiger partial charge on any atom is -0.497 e. The molecule has 0 radical (unpaired) electrons. The molecule has 2 rings (SSSR count). The van der Waals surface area contributed by atoms with Gasteiger partial charge in [-0.3, -0.25) is 4.79 Å². The lowest BCUT2D eigenvalue weighted by atomic mass is 10.2. The van der Waals surface area contributed by atoms with Gasteiger partial charge in [0, 0.05) is 6.07 Å². The molecule has 0 aromatic heterocycles. The number of hydrogen-bond donors (Lipinski definition) is 1. The number of methoxy groups -OCH3 is 2. The fourth-order valence-corrected chi connectivity index (χ4v) is 1.82. The van der Waals surface area contributed by atoms with Gasteiger partial charge in [-0.05, 0) is 17.7 Å². The van der Waals surface area contributed by atoms with Crippen LogP contribution >= 0.6 is 0 Å². The molecule has 1 N–H and O–H groups in total. The van der Waals surface area contributed by atoms with Crippen LogP contribution < -0.4 is 14.8 Å². The second-order valence-corrected chi connectivity index (χ2v) is 4.53. The zero-order chi connectivity index (χ0) is 16.5. The fraction of sp³-hybridized carbons (Fsp3) is 0.176. The molecule has 0 atom stereocenters. The first-order valence-corrected chi connectivity index (χ1v) is 6.95. The van der Waals surface area contributed by atoms with Crippen molar-refractivity contribution in [2.75, 3.05) is 26.1 Å². The third-order valence-electron chi connectivity index (χ3n) is 2.95. The van der Waals surface area contributed by atoms with Gasteiger partial charge in [0.1, 0.15) is 11.5 Å². The number of nitrogens with one attached hydrogen (secondary N) is 1. The van der Waals surface area contributed by atoms with E-state index in [4.69, 9.17) is 14.3 Å². The van der Waals surface area contributed by atoms with Crippen LogP contribution in [-0.2, 0) is 9.63 Å². The third-order valence-corrected chi connectivity index (χ3v) is 2.95. The molecule has 6 heteroatoms. The van der Waals surface area contributed by atoms with Gasteiger partial charge in [0.05, 0.1) is 26.1 Å². The molecule has 0 bridgehead atoms. The number of oxime groups is 1. The summed E-state index contributed by atoms with van der Waals surface area (Å²) < 4.78 is 10.3. The van der Waals surface area contributed by atoms with Crippen LogP contribution in [0.3, 0.4) is 0 Å². The summed E-state index contributed by atoms with van der Waals surface area (Å²) in [6.45, 7) is -0.196. The van der Waals surface area contributed by atoms with E-state index in [1.807, 2.05) is 30.3 Å². The lowest BCUT2D eigenvalue weighted by molar-refractivity contribution is -0.120. The summed E-state index contributed by atoms with van der Waals surface area (Å²) in [5.74, 6) is 0.813. The molecule has 0 fully saturated rings. The number of nitrogens with zero attached hydrogens (tertiary/aromatic N) is 1. The van der Waals surface area contributed by atoms with Crippen LogP contribution in [0.5, 0.6) is 11.5 Å². The van der Waals surface area contributed by atoms with Crippen molar-refractivity contribution in [2.45, 2.75) is 0 Å². The van der Waals surface area contributed by atoms with Gasteiger partial charge in [-0.15, -0.1) is 0 Å². The molecular formula is C17H18N2O4. The first-order valence-electron chi connectivity index (χ1n) is 6.95. The Kier molecular flexibility index (Phi) is 5.99. The van der Waals surface area contributed by atoms with Crippen molar-refractivity contribution in [3.8, 4) is 11.5 Å². The molecule has 0 unspecified atom stereocenters. The first kappa shape index (κ1) is 16.4. The van der Waals surface area contributed by atoms with Gasteiger partial charge < -0.3 is 19.6 Å². The molecule has 0 aliphatic rings. The minimum absolute atomic E-state index is 0.196. The molecule has 0 aliphatic carbocycles. The zero-order valence-electron chi connectivity index (χ0n) is 13.0. The Morgan fingerprint density at radius 2 is 1.91 bits per heavy atom. The van der Waals surface area contributed by atoms with E-state index >= 15 is 0 Å². The van der Waals surface area contributed by atoms with Crippen LogP contribution in [0, 0.1) is 0 Å². The molecule has 0 heterocycles. The Balaban J connectivity index is 1.86. The largest absolute Gasteiger partial charge is 0.497 e. The predicted octanol–water partition coefficient (Wildman–Crippen LogP) is 2.69. The highest BCUT2D eigenvalue weighted by Crippen LogP contribution is 2.28. The molecule has 6 nitrogen and oxygen atoms in total. The molecule has 1 amide bonds. The minimum atomic E-state index is -0.335. The zero-order valence-corrected chi connectivity index (χ0v) is 13.0. The molecule has 0 spiro atoms. The first-order chi connectivity index (χ1) is 11.2. The monoisotopic (exact) mass is 314 g/mol. The maximum Gasteiger partial charge on any atom is 0.265 e. The lowest BCUT2D eigenvalue weighted by Crippen LogP contribution is -2.17. The van der Waals surface area contributed by atoms with Gasteiger partial charge in [0.2, 0.25) is 0 Å². The summed E-state index contributed by atoms with van der Waals surface area (Å²) in [7, 11) is 3.08. The van der Waals surface area contributed by atoms with E-state index < -0.39 is 0 Å². The van der Waals surface area contributed by atoms with E-state index in [1.165, 1.54) is 7.11 Å². The number of anilines is 1. The number of carbonyl (C=O) groups excluding carboxylic acids is 1. The van der Waals surface area contributed by atoms with E-state index in [9.17, 15) is 4.79 Å². The van der Waals surface area contributed by atoms with Gasteiger partial charge in [0.15, 0.2) is 6.61 Å². The highest BCUT2D eigenvalue weighted by molar-refractivity contribution is 5.93. The Hall–Kier alpha value is -3.02. The summed E-state index contributed by atoms with van der Waals surface area (Å²) in [6, 6.07) is 14.6. The van der Waals surface area contributed by atoms with Gasteiger partial charge in [-0.25, -0.2) is 0 Å². The highest BCUT2D eigenvalue weighted by Gasteiger charge is 2.09. The van der Waals surface area contributed by atoms with Crippen LogP contribution in [0.1, 0.15) is 5.56 Å². The number of ether oxygens (including phenoxy) is 2. The summed E-state index contributed by atoms with van der Waals surface area (Å²) in [6.07, 6.45) is 1.54. The van der Waals surface area contributed by atoms with Crippen LogP contribution in [0.2, 0.25) is 0 Å². The van der Waals surface area contributed by atoms with Crippen molar-refractivity contribution in [3.63, 3.8) is 0 Å². The molecule has 0 saturated heterocycles. The average Bonchev–Trinajstić information content (AvgIpc) is 2.60. The van der Waals surface area contributed by atoms with Crippen LogP contribution in [0.15, 0.2) is 53.7 Å². The molecule has 120 valence electrons. The molecule has 2 aromatic carbocycles. The summed E-state index contributed by atoms with van der Waals surface area (Å²) in [4.78, 5) is 16.8. The van der Waals surface area contributed by atoms with Gasteiger partial charge >= 0.3 is 0 Å². The van der Waals surface area contributed by atoms with Crippen LogP contribution in [-0.4, -0.2) is 32.9 Å². The third kappa shape index (κ3) is 5.03. The molecule has 23 heavy (non-hydrogen) atoms. The average molecular weight is 314 g/mol. The van der Waals surface area contributed by atoms with Crippen LogP contribution in [0.25, 0.3) is 0 Å². The standard InChI is InChI=1S/C17H18N2O4/c1-21-14-8-9-15(16(10-14)22-2)19-17(20)12-23-18-11-13-6-4-3-5-7-13/h3-11H,12H2,1-2H3,(H,19,20)/b18-11-. The Labute approximate surface area is 134 Å². The van der Waals surface area contributed by atoms with E-state index in [1.54, 1.807) is 31.5 Å². The SMILES string of the molecule is COc1ccc(NC(=O)CO/N=C\c2ccccc2)c(OC)c1. The van der Waals surface area contributed by atoms with Gasteiger partial charge in [-0.2, -0.15) is 0 Å². The number of carbonyl (C=O) groups is 1. The van der Waals surface area contributed by atoms with Crippen molar-refractivity contribution in [3.05, 3.63) is 54.1 Å². The van der Waals surface area contributed by atoms with Crippen molar-refractivity contribution >= 4 is 17.8 Å².